The summed E-state index contributed by atoms with van der Waals surface area (Å²) in [5.41, 5.74) is 2.05. The molecule has 0 radical (unpaired) electrons. The molecule has 0 N–H and O–H groups in total. The van der Waals surface area contributed by atoms with Crippen LogP contribution in [0.2, 0.25) is 0 Å². The van der Waals surface area contributed by atoms with Crippen molar-refractivity contribution in [3.63, 3.8) is 0 Å². The third kappa shape index (κ3) is 1.88. The number of rotatable bonds is 2. The van der Waals surface area contributed by atoms with Gasteiger partial charge < -0.3 is 4.90 Å². The summed E-state index contributed by atoms with van der Waals surface area (Å²) >= 11 is 0. The highest BCUT2D eigenvalue weighted by atomic mass is 15.5. The van der Waals surface area contributed by atoms with Crippen LogP contribution in [0.25, 0.3) is 11.3 Å². The van der Waals surface area contributed by atoms with Crippen molar-refractivity contribution in [3.8, 4) is 11.3 Å². The predicted molar refractivity (Wildman–Crippen MR) is 79.4 cm³/mol. The van der Waals surface area contributed by atoms with Crippen LogP contribution >= 0.6 is 0 Å². The SMILES string of the molecule is CC1C[C@@H]2CN(c3ccc(-c4ccccc4)nn3)CN12. The van der Waals surface area contributed by atoms with Crippen molar-refractivity contribution in [3.05, 3.63) is 42.5 Å². The summed E-state index contributed by atoms with van der Waals surface area (Å²) in [7, 11) is 0. The fourth-order valence-corrected chi connectivity index (χ4v) is 3.25. The highest BCUT2D eigenvalue weighted by Gasteiger charge is 2.42. The number of anilines is 1. The van der Waals surface area contributed by atoms with Crippen LogP contribution in [0.3, 0.4) is 0 Å². The van der Waals surface area contributed by atoms with Gasteiger partial charge in [-0.25, -0.2) is 0 Å². The zero-order valence-corrected chi connectivity index (χ0v) is 11.6. The van der Waals surface area contributed by atoms with E-state index >= 15 is 0 Å². The lowest BCUT2D eigenvalue weighted by Gasteiger charge is -2.40. The fraction of sp³-hybridized carbons (Fsp3) is 0.375. The van der Waals surface area contributed by atoms with E-state index in [4.69, 9.17) is 0 Å². The second-order valence-electron chi connectivity index (χ2n) is 5.76. The molecule has 2 atom stereocenters. The first kappa shape index (κ1) is 11.9. The Morgan fingerprint density at radius 2 is 1.90 bits per heavy atom. The fourth-order valence-electron chi connectivity index (χ4n) is 3.25. The van der Waals surface area contributed by atoms with Gasteiger partial charge in [0.1, 0.15) is 0 Å². The molecule has 3 heterocycles. The average molecular weight is 266 g/mol. The van der Waals surface area contributed by atoms with Gasteiger partial charge >= 0.3 is 0 Å². The van der Waals surface area contributed by atoms with E-state index in [1.807, 2.05) is 18.2 Å². The molecule has 1 aromatic carbocycles. The molecule has 4 rings (SSSR count). The molecule has 2 aliphatic rings. The molecule has 20 heavy (non-hydrogen) atoms. The molecule has 2 saturated heterocycles. The molecule has 0 bridgehead atoms. The molecule has 2 aromatic rings. The van der Waals surface area contributed by atoms with E-state index in [1.54, 1.807) is 0 Å². The number of benzene rings is 1. The van der Waals surface area contributed by atoms with Crippen molar-refractivity contribution in [2.45, 2.75) is 25.4 Å². The third-order valence-electron chi connectivity index (χ3n) is 4.46. The van der Waals surface area contributed by atoms with Crippen LogP contribution in [0, 0.1) is 0 Å². The third-order valence-corrected chi connectivity index (χ3v) is 4.46. The van der Waals surface area contributed by atoms with E-state index in [1.165, 1.54) is 6.42 Å². The Morgan fingerprint density at radius 1 is 1.05 bits per heavy atom. The summed E-state index contributed by atoms with van der Waals surface area (Å²) < 4.78 is 0. The van der Waals surface area contributed by atoms with E-state index in [0.29, 0.717) is 0 Å². The van der Waals surface area contributed by atoms with Gasteiger partial charge in [0.05, 0.1) is 12.4 Å². The number of nitrogens with zero attached hydrogens (tertiary/aromatic N) is 4. The second-order valence-corrected chi connectivity index (χ2v) is 5.76. The molecule has 2 fully saturated rings. The van der Waals surface area contributed by atoms with Crippen LogP contribution in [-0.2, 0) is 0 Å². The monoisotopic (exact) mass is 266 g/mol. The molecule has 0 spiro atoms. The van der Waals surface area contributed by atoms with Crippen LogP contribution in [0.1, 0.15) is 13.3 Å². The van der Waals surface area contributed by atoms with Gasteiger partial charge in [0.15, 0.2) is 5.82 Å². The Kier molecular flexibility index (Phi) is 2.70. The molecular formula is C16H18N4. The van der Waals surface area contributed by atoms with E-state index in [0.717, 1.165) is 42.4 Å². The van der Waals surface area contributed by atoms with Crippen LogP contribution < -0.4 is 4.90 Å². The molecule has 0 aliphatic carbocycles. The maximum atomic E-state index is 4.41. The molecular weight excluding hydrogens is 248 g/mol. The Labute approximate surface area is 119 Å². The van der Waals surface area contributed by atoms with Crippen molar-refractivity contribution >= 4 is 5.82 Å². The van der Waals surface area contributed by atoms with Gasteiger partial charge in [-0.15, -0.1) is 10.2 Å². The Bertz CT molecular complexity index is 596. The van der Waals surface area contributed by atoms with Gasteiger partial charge in [-0.1, -0.05) is 30.3 Å². The zero-order valence-electron chi connectivity index (χ0n) is 11.6. The highest BCUT2D eigenvalue weighted by Crippen LogP contribution is 2.33. The van der Waals surface area contributed by atoms with Gasteiger partial charge in [0.25, 0.3) is 0 Å². The standard InChI is InChI=1S/C16H18N4/c1-12-9-14-10-19(11-20(12)14)16-8-7-15(17-18-16)13-5-3-2-4-6-13/h2-8,12,14H,9-11H2,1H3/t12?,14-/m1/s1. The predicted octanol–water partition coefficient (Wildman–Crippen LogP) is 2.38. The van der Waals surface area contributed by atoms with E-state index < -0.39 is 0 Å². The van der Waals surface area contributed by atoms with Crippen molar-refractivity contribution in [2.24, 2.45) is 0 Å². The molecule has 2 aliphatic heterocycles. The molecule has 1 aromatic heterocycles. The summed E-state index contributed by atoms with van der Waals surface area (Å²) in [4.78, 5) is 4.86. The van der Waals surface area contributed by atoms with Gasteiger partial charge in [0, 0.05) is 24.2 Å². The Hall–Kier alpha value is -1.94. The minimum Gasteiger partial charge on any atom is -0.341 e. The maximum absolute atomic E-state index is 4.41. The highest BCUT2D eigenvalue weighted by molar-refractivity contribution is 5.59. The second kappa shape index (κ2) is 4.56. The molecule has 1 unspecified atom stereocenters. The van der Waals surface area contributed by atoms with Crippen molar-refractivity contribution in [1.29, 1.82) is 0 Å². The van der Waals surface area contributed by atoms with Crippen LogP contribution in [-0.4, -0.2) is 40.4 Å². The summed E-state index contributed by atoms with van der Waals surface area (Å²) in [6.45, 7) is 4.37. The minimum atomic E-state index is 0.723. The Morgan fingerprint density at radius 3 is 2.55 bits per heavy atom. The number of hydrogen-bond acceptors (Lipinski definition) is 4. The number of hydrogen-bond donors (Lipinski definition) is 0. The van der Waals surface area contributed by atoms with Gasteiger partial charge in [-0.2, -0.15) is 0 Å². The summed E-state index contributed by atoms with van der Waals surface area (Å²) in [6.07, 6.45) is 1.31. The first-order valence-electron chi connectivity index (χ1n) is 7.21. The molecule has 4 heteroatoms. The molecule has 0 amide bonds. The number of aromatic nitrogens is 2. The number of fused-ring (bicyclic) bond motifs is 1. The first-order valence-corrected chi connectivity index (χ1v) is 7.21. The van der Waals surface area contributed by atoms with Crippen LogP contribution in [0.5, 0.6) is 0 Å². The quantitative estimate of drug-likeness (QED) is 0.835. The summed E-state index contributed by atoms with van der Waals surface area (Å²) in [5, 5.41) is 8.78. The van der Waals surface area contributed by atoms with Gasteiger partial charge in [-0.3, -0.25) is 4.90 Å². The van der Waals surface area contributed by atoms with E-state index in [-0.39, 0.29) is 0 Å². The van der Waals surface area contributed by atoms with Gasteiger partial charge in [0.2, 0.25) is 0 Å². The van der Waals surface area contributed by atoms with Crippen LogP contribution in [0.4, 0.5) is 5.82 Å². The molecule has 4 nitrogen and oxygen atoms in total. The van der Waals surface area contributed by atoms with Gasteiger partial charge in [-0.05, 0) is 25.5 Å². The lowest BCUT2D eigenvalue weighted by molar-refractivity contribution is 0.0735. The largest absolute Gasteiger partial charge is 0.341 e. The Balaban J connectivity index is 1.54. The smallest absolute Gasteiger partial charge is 0.152 e. The molecule has 102 valence electrons. The zero-order chi connectivity index (χ0) is 13.5. The van der Waals surface area contributed by atoms with Crippen molar-refractivity contribution < 1.29 is 0 Å². The topological polar surface area (TPSA) is 32.3 Å². The van der Waals surface area contributed by atoms with Crippen molar-refractivity contribution in [1.82, 2.24) is 15.1 Å². The lowest BCUT2D eigenvalue weighted by Crippen LogP contribution is -2.51. The maximum Gasteiger partial charge on any atom is 0.152 e. The normalized spacial score (nSPS) is 25.4. The minimum absolute atomic E-state index is 0.723. The summed E-state index contributed by atoms with van der Waals surface area (Å²) in [5.74, 6) is 0.992. The average Bonchev–Trinajstić information content (AvgIpc) is 2.86. The first-order chi connectivity index (χ1) is 9.81. The van der Waals surface area contributed by atoms with E-state index in [2.05, 4.69) is 51.2 Å². The van der Waals surface area contributed by atoms with E-state index in [9.17, 15) is 0 Å². The van der Waals surface area contributed by atoms with Crippen molar-refractivity contribution in [2.75, 3.05) is 18.1 Å². The summed E-state index contributed by atoms with van der Waals surface area (Å²) in [6, 6.07) is 15.8. The lowest BCUT2D eigenvalue weighted by atomic mass is 9.97. The molecule has 0 saturated carbocycles. The van der Waals surface area contributed by atoms with Crippen LogP contribution in [0.15, 0.2) is 42.5 Å².